The summed E-state index contributed by atoms with van der Waals surface area (Å²) in [5.74, 6) is 0.245. The van der Waals surface area contributed by atoms with Crippen molar-refractivity contribution in [2.45, 2.75) is 57.8 Å². The number of alkyl halides is 1. The molecule has 28 heavy (non-hydrogen) atoms. The van der Waals surface area contributed by atoms with Gasteiger partial charge in [0.2, 0.25) is 0 Å². The topological polar surface area (TPSA) is 122 Å². The maximum atomic E-state index is 14.0. The highest BCUT2D eigenvalue weighted by Gasteiger charge is 2.35. The van der Waals surface area contributed by atoms with Crippen LogP contribution < -0.4 is 5.32 Å². The molecule has 0 heterocycles. The first-order chi connectivity index (χ1) is 12.7. The molecule has 0 aliphatic heterocycles. The van der Waals surface area contributed by atoms with Gasteiger partial charge in [0.15, 0.2) is 10.2 Å². The molecule has 0 aliphatic carbocycles. The Labute approximate surface area is 174 Å². The van der Waals surface area contributed by atoms with E-state index >= 15 is 0 Å². The number of carbonyl (C=O) groups excluding carboxylic acids is 2. The van der Waals surface area contributed by atoms with Crippen molar-refractivity contribution in [2.24, 2.45) is 0 Å². The minimum atomic E-state index is -4.14. The molecule has 1 unspecified atom stereocenters. The quantitative estimate of drug-likeness (QED) is 0.201. The van der Waals surface area contributed by atoms with Crippen LogP contribution in [0.4, 0.5) is 4.39 Å². The SMILES string of the molecule is CNC(F)P(=O)(OCCSC(=O)CC(C)(C)O)OCCSC(=O)CC(C)(C)O. The van der Waals surface area contributed by atoms with Crippen molar-refractivity contribution in [2.75, 3.05) is 31.8 Å². The highest BCUT2D eigenvalue weighted by atomic mass is 32.2. The number of thioether (sulfide) groups is 2. The summed E-state index contributed by atoms with van der Waals surface area (Å²) >= 11 is 1.77. The van der Waals surface area contributed by atoms with Gasteiger partial charge in [-0.3, -0.25) is 19.5 Å². The molecule has 0 saturated heterocycles. The molecular weight excluding hydrogens is 432 g/mol. The second kappa shape index (κ2) is 12.6. The molecule has 0 radical (unpaired) electrons. The summed E-state index contributed by atoms with van der Waals surface area (Å²) in [7, 11) is -2.88. The van der Waals surface area contributed by atoms with Crippen LogP contribution in [0.15, 0.2) is 0 Å². The summed E-state index contributed by atoms with van der Waals surface area (Å²) in [5, 5.41) is 20.8. The minimum absolute atomic E-state index is 0.0516. The van der Waals surface area contributed by atoms with Crippen LogP contribution in [0.3, 0.4) is 0 Å². The molecule has 3 N–H and O–H groups in total. The highest BCUT2D eigenvalue weighted by Crippen LogP contribution is 2.52. The molecule has 0 bridgehead atoms. The molecule has 0 fully saturated rings. The number of hydrogen-bond donors (Lipinski definition) is 3. The van der Waals surface area contributed by atoms with Crippen LogP contribution in [0.5, 0.6) is 0 Å². The van der Waals surface area contributed by atoms with Gasteiger partial charge in [0.1, 0.15) is 0 Å². The summed E-state index contributed by atoms with van der Waals surface area (Å²) in [5.41, 5.74) is -2.25. The maximum absolute atomic E-state index is 14.0. The lowest BCUT2D eigenvalue weighted by atomic mass is 10.1. The lowest BCUT2D eigenvalue weighted by Gasteiger charge is -2.21. The zero-order valence-corrected chi connectivity index (χ0v) is 19.4. The van der Waals surface area contributed by atoms with E-state index in [1.165, 1.54) is 34.7 Å². The van der Waals surface area contributed by atoms with Gasteiger partial charge in [-0.05, 0) is 34.7 Å². The average Bonchev–Trinajstić information content (AvgIpc) is 2.51. The second-order valence-corrected chi connectivity index (χ2v) is 11.6. The van der Waals surface area contributed by atoms with Gasteiger partial charge in [-0.15, -0.1) is 0 Å². The number of nitrogens with one attached hydrogen (secondary N) is 1. The molecule has 0 aromatic carbocycles. The van der Waals surface area contributed by atoms with Crippen LogP contribution in [0.25, 0.3) is 0 Å². The smallest absolute Gasteiger partial charge is 0.379 e. The predicted molar refractivity (Wildman–Crippen MR) is 110 cm³/mol. The molecule has 12 heteroatoms. The van der Waals surface area contributed by atoms with E-state index < -0.39 is 24.8 Å². The lowest BCUT2D eigenvalue weighted by molar-refractivity contribution is -0.115. The summed E-state index contributed by atoms with van der Waals surface area (Å²) in [6, 6.07) is -2.05. The van der Waals surface area contributed by atoms with Gasteiger partial charge in [-0.1, -0.05) is 23.5 Å². The zero-order chi connectivity index (χ0) is 22.0. The fourth-order valence-corrected chi connectivity index (χ4v) is 5.07. The molecule has 166 valence electrons. The van der Waals surface area contributed by atoms with Gasteiger partial charge in [0.05, 0.1) is 24.4 Å². The second-order valence-electron chi connectivity index (χ2n) is 7.25. The molecule has 1 atom stereocenters. The first-order valence-corrected chi connectivity index (χ1v) is 12.2. The van der Waals surface area contributed by atoms with E-state index in [2.05, 4.69) is 5.32 Å². The Kier molecular flexibility index (Phi) is 12.6. The van der Waals surface area contributed by atoms with Gasteiger partial charge in [0.25, 0.3) is 6.04 Å². The van der Waals surface area contributed by atoms with Gasteiger partial charge in [-0.25, -0.2) is 4.39 Å². The Hall–Kier alpha value is -0.000000000000000132. The van der Waals surface area contributed by atoms with E-state index in [0.717, 1.165) is 23.5 Å². The molecule has 0 aliphatic rings. The van der Waals surface area contributed by atoms with E-state index in [1.54, 1.807) is 0 Å². The Morgan fingerprint density at radius 2 is 1.36 bits per heavy atom. The van der Waals surface area contributed by atoms with E-state index in [0.29, 0.717) is 0 Å². The molecule has 0 amide bonds. The lowest BCUT2D eigenvalue weighted by Crippen LogP contribution is -2.24. The Morgan fingerprint density at radius 3 is 1.64 bits per heavy atom. The average molecular weight is 464 g/mol. The zero-order valence-electron chi connectivity index (χ0n) is 16.9. The Bertz CT molecular complexity index is 512. The normalized spacial score (nSPS) is 14.1. The van der Waals surface area contributed by atoms with E-state index in [9.17, 15) is 28.8 Å². The fourth-order valence-electron chi connectivity index (χ4n) is 1.77. The van der Waals surface area contributed by atoms with Crippen LogP contribution in [-0.2, 0) is 23.2 Å². The van der Waals surface area contributed by atoms with Crippen LogP contribution in [0, 0.1) is 0 Å². The third-order valence-corrected chi connectivity index (χ3v) is 6.48. The maximum Gasteiger partial charge on any atom is 0.379 e. The van der Waals surface area contributed by atoms with Crippen molar-refractivity contribution in [1.29, 1.82) is 0 Å². The van der Waals surface area contributed by atoms with E-state index in [-0.39, 0.29) is 47.8 Å². The fraction of sp³-hybridized carbons (Fsp3) is 0.875. The first-order valence-electron chi connectivity index (χ1n) is 8.65. The van der Waals surface area contributed by atoms with E-state index in [1.807, 2.05) is 0 Å². The van der Waals surface area contributed by atoms with Crippen molar-refractivity contribution < 1.29 is 37.8 Å². The monoisotopic (exact) mass is 463 g/mol. The molecule has 8 nitrogen and oxygen atoms in total. The van der Waals surface area contributed by atoms with Crippen LogP contribution in [0.1, 0.15) is 40.5 Å². The number of aliphatic hydroxyl groups is 2. The number of carbonyl (C=O) groups is 2. The summed E-state index contributed by atoms with van der Waals surface area (Å²) < 4.78 is 36.7. The third kappa shape index (κ3) is 14.1. The first kappa shape index (κ1) is 28.0. The molecular formula is C16H31FNO7PS2. The largest absolute Gasteiger partial charge is 0.390 e. The van der Waals surface area contributed by atoms with Crippen LogP contribution in [0.2, 0.25) is 0 Å². The molecule has 0 rings (SSSR count). The van der Waals surface area contributed by atoms with Crippen molar-refractivity contribution >= 4 is 41.4 Å². The summed E-state index contributed by atoms with van der Waals surface area (Å²) in [6.45, 7) is 5.66. The standard InChI is InChI=1S/C16H31FNO7PS2/c1-15(2,21)10-12(19)27-8-6-24-26(23,14(17)18-5)25-7-9-28-13(20)11-16(3,4)22/h14,18,21-22H,6-11H2,1-5H3. The van der Waals surface area contributed by atoms with Crippen molar-refractivity contribution in [3.63, 3.8) is 0 Å². The van der Waals surface area contributed by atoms with E-state index in [4.69, 9.17) is 9.05 Å². The predicted octanol–water partition coefficient (Wildman–Crippen LogP) is 2.53. The summed E-state index contributed by atoms with van der Waals surface area (Å²) in [4.78, 5) is 23.3. The van der Waals surface area contributed by atoms with Crippen molar-refractivity contribution in [3.05, 3.63) is 0 Å². The molecule has 0 aromatic rings. The van der Waals surface area contributed by atoms with Crippen molar-refractivity contribution in [3.8, 4) is 0 Å². The van der Waals surface area contributed by atoms with Crippen LogP contribution >= 0.6 is 31.1 Å². The Morgan fingerprint density at radius 1 is 1.00 bits per heavy atom. The van der Waals surface area contributed by atoms with Gasteiger partial charge in [0, 0.05) is 24.3 Å². The van der Waals surface area contributed by atoms with Gasteiger partial charge in [-0.2, -0.15) is 0 Å². The highest BCUT2D eigenvalue weighted by molar-refractivity contribution is 8.13. The minimum Gasteiger partial charge on any atom is -0.390 e. The molecule has 0 spiro atoms. The van der Waals surface area contributed by atoms with Crippen molar-refractivity contribution in [1.82, 2.24) is 5.32 Å². The molecule has 0 aromatic heterocycles. The number of halogens is 1. The Balaban J connectivity index is 4.38. The third-order valence-electron chi connectivity index (χ3n) is 2.90. The number of hydrogen-bond acceptors (Lipinski definition) is 10. The van der Waals surface area contributed by atoms with Crippen LogP contribution in [-0.4, -0.2) is 69.4 Å². The number of rotatable bonds is 14. The summed E-state index contributed by atoms with van der Waals surface area (Å²) in [6.07, 6.45) is -0.103. The van der Waals surface area contributed by atoms with Gasteiger partial charge >= 0.3 is 7.60 Å². The van der Waals surface area contributed by atoms with Gasteiger partial charge < -0.3 is 19.3 Å². The molecule has 0 saturated carbocycles.